The molecule has 0 aliphatic rings. The van der Waals surface area contributed by atoms with E-state index in [1.165, 1.54) is 0 Å². The Kier molecular flexibility index (Phi) is 7.29. The van der Waals surface area contributed by atoms with Crippen LogP contribution in [0.25, 0.3) is 0 Å². The first-order valence-electron chi connectivity index (χ1n) is 3.82. The highest BCUT2D eigenvalue weighted by molar-refractivity contribution is 4.51. The lowest BCUT2D eigenvalue weighted by Gasteiger charge is -2.14. The minimum Gasteiger partial charge on any atom is -0.383 e. The predicted octanol–water partition coefficient (Wildman–Crippen LogP) is 0.986. The summed E-state index contributed by atoms with van der Waals surface area (Å²) >= 11 is 0. The number of hydrogen-bond donors (Lipinski definition) is 1. The molecule has 0 unspecified atom stereocenters. The van der Waals surface area contributed by atoms with Gasteiger partial charge in [-0.2, -0.15) is 5.11 Å². The minimum atomic E-state index is 0.636. The van der Waals surface area contributed by atoms with Gasteiger partial charge in [-0.3, -0.25) is 0 Å². The monoisotopic (exact) mass is 159 g/mol. The molecule has 0 saturated heterocycles. The molecular weight excluding hydrogens is 142 g/mol. The molecule has 0 aromatic rings. The van der Waals surface area contributed by atoms with Crippen LogP contribution in [0.5, 0.6) is 0 Å². The molecule has 0 atom stereocenters. The average Bonchev–Trinajstić information content (AvgIpc) is 2.01. The van der Waals surface area contributed by atoms with Gasteiger partial charge in [-0.25, -0.2) is 5.53 Å². The summed E-state index contributed by atoms with van der Waals surface area (Å²) in [5.74, 6) is 0. The standard InChI is InChI=1S/C7H17N3O/c1-10(6-7-11-2)5-3-4-9-8/h8H,3-7H2,1-2H3. The number of likely N-dealkylation sites (N-methyl/N-ethyl adjacent to an activating group) is 1. The van der Waals surface area contributed by atoms with E-state index in [1.54, 1.807) is 7.11 Å². The molecule has 0 aromatic carbocycles. The van der Waals surface area contributed by atoms with Crippen molar-refractivity contribution in [2.45, 2.75) is 6.42 Å². The summed E-state index contributed by atoms with van der Waals surface area (Å²) in [6.07, 6.45) is 0.962. The van der Waals surface area contributed by atoms with Gasteiger partial charge >= 0.3 is 0 Å². The van der Waals surface area contributed by atoms with Crippen molar-refractivity contribution in [2.24, 2.45) is 5.11 Å². The van der Waals surface area contributed by atoms with E-state index in [1.807, 2.05) is 7.05 Å². The van der Waals surface area contributed by atoms with Gasteiger partial charge in [0.25, 0.3) is 0 Å². The third-order valence-corrected chi connectivity index (χ3v) is 1.49. The molecular formula is C7H17N3O. The molecule has 0 spiro atoms. The van der Waals surface area contributed by atoms with Crippen molar-refractivity contribution in [3.63, 3.8) is 0 Å². The van der Waals surface area contributed by atoms with E-state index in [2.05, 4.69) is 10.0 Å². The van der Waals surface area contributed by atoms with Crippen LogP contribution in [0.1, 0.15) is 6.42 Å². The van der Waals surface area contributed by atoms with E-state index in [0.717, 1.165) is 26.1 Å². The lowest BCUT2D eigenvalue weighted by atomic mass is 10.4. The quantitative estimate of drug-likeness (QED) is 0.445. The van der Waals surface area contributed by atoms with E-state index in [9.17, 15) is 0 Å². The van der Waals surface area contributed by atoms with Gasteiger partial charge < -0.3 is 9.64 Å². The van der Waals surface area contributed by atoms with Crippen LogP contribution in [-0.2, 0) is 4.74 Å². The Labute approximate surface area is 68.0 Å². The minimum absolute atomic E-state index is 0.636. The maximum atomic E-state index is 6.57. The van der Waals surface area contributed by atoms with E-state index in [0.29, 0.717) is 6.54 Å². The van der Waals surface area contributed by atoms with Crippen molar-refractivity contribution < 1.29 is 4.74 Å². The van der Waals surface area contributed by atoms with Gasteiger partial charge in [0.2, 0.25) is 0 Å². The summed E-state index contributed by atoms with van der Waals surface area (Å²) in [6.45, 7) is 3.35. The van der Waals surface area contributed by atoms with E-state index >= 15 is 0 Å². The Hall–Kier alpha value is -0.480. The second-order valence-corrected chi connectivity index (χ2v) is 2.53. The lowest BCUT2D eigenvalue weighted by molar-refractivity contribution is 0.161. The third-order valence-electron chi connectivity index (χ3n) is 1.49. The van der Waals surface area contributed by atoms with Crippen LogP contribution in [0.15, 0.2) is 5.11 Å². The first-order chi connectivity index (χ1) is 5.31. The lowest BCUT2D eigenvalue weighted by Crippen LogP contribution is -2.24. The Morgan fingerprint density at radius 2 is 2.18 bits per heavy atom. The van der Waals surface area contributed by atoms with Gasteiger partial charge in [-0.05, 0) is 20.0 Å². The smallest absolute Gasteiger partial charge is 0.0608 e. The molecule has 66 valence electrons. The summed E-state index contributed by atoms with van der Waals surface area (Å²) < 4.78 is 4.92. The average molecular weight is 159 g/mol. The number of nitrogens with one attached hydrogen (secondary N) is 1. The summed E-state index contributed by atoms with van der Waals surface area (Å²) in [6, 6.07) is 0. The molecule has 0 bridgehead atoms. The molecule has 0 aliphatic heterocycles. The Morgan fingerprint density at radius 3 is 2.73 bits per heavy atom. The molecule has 0 radical (unpaired) electrons. The molecule has 1 N–H and O–H groups in total. The second-order valence-electron chi connectivity index (χ2n) is 2.53. The highest BCUT2D eigenvalue weighted by atomic mass is 16.5. The maximum Gasteiger partial charge on any atom is 0.0608 e. The van der Waals surface area contributed by atoms with Crippen LogP contribution < -0.4 is 0 Å². The van der Waals surface area contributed by atoms with Crippen LogP contribution in [0.3, 0.4) is 0 Å². The molecule has 4 heteroatoms. The number of rotatable bonds is 7. The van der Waals surface area contributed by atoms with Gasteiger partial charge in [-0.1, -0.05) is 0 Å². The fraction of sp³-hybridized carbons (Fsp3) is 1.00. The molecule has 0 fully saturated rings. The molecule has 0 aromatic heterocycles. The largest absolute Gasteiger partial charge is 0.383 e. The fourth-order valence-electron chi connectivity index (χ4n) is 0.779. The molecule has 0 rings (SSSR count). The first kappa shape index (κ1) is 10.5. The molecule has 0 heterocycles. The van der Waals surface area contributed by atoms with Crippen molar-refractivity contribution in [2.75, 3.05) is 40.4 Å². The van der Waals surface area contributed by atoms with Gasteiger partial charge in [0.15, 0.2) is 0 Å². The summed E-state index contributed by atoms with van der Waals surface area (Å²) in [5, 5.41) is 3.28. The topological polar surface area (TPSA) is 48.7 Å². The van der Waals surface area contributed by atoms with Crippen molar-refractivity contribution in [3.05, 3.63) is 0 Å². The van der Waals surface area contributed by atoms with Crippen molar-refractivity contribution >= 4 is 0 Å². The van der Waals surface area contributed by atoms with Gasteiger partial charge in [0, 0.05) is 13.7 Å². The van der Waals surface area contributed by atoms with E-state index < -0.39 is 0 Å². The first-order valence-corrected chi connectivity index (χ1v) is 3.82. The normalized spacial score (nSPS) is 10.5. The summed E-state index contributed by atoms with van der Waals surface area (Å²) in [7, 11) is 3.75. The molecule has 11 heavy (non-hydrogen) atoms. The molecule has 4 nitrogen and oxygen atoms in total. The SMILES string of the molecule is COCCN(C)CCCN=N. The van der Waals surface area contributed by atoms with Gasteiger partial charge in [-0.15, -0.1) is 0 Å². The highest BCUT2D eigenvalue weighted by Crippen LogP contribution is 1.87. The van der Waals surface area contributed by atoms with E-state index in [-0.39, 0.29) is 0 Å². The summed E-state index contributed by atoms with van der Waals surface area (Å²) in [4.78, 5) is 2.18. The Bertz CT molecular complexity index is 97.7. The number of ether oxygens (including phenoxy) is 1. The number of hydrogen-bond acceptors (Lipinski definition) is 4. The highest BCUT2D eigenvalue weighted by Gasteiger charge is 1.95. The molecule has 0 aliphatic carbocycles. The van der Waals surface area contributed by atoms with Gasteiger partial charge in [0.1, 0.15) is 0 Å². The van der Waals surface area contributed by atoms with Crippen LogP contribution in [0, 0.1) is 5.53 Å². The van der Waals surface area contributed by atoms with Crippen LogP contribution in [-0.4, -0.2) is 45.3 Å². The predicted molar refractivity (Wildman–Crippen MR) is 44.0 cm³/mol. The Morgan fingerprint density at radius 1 is 1.45 bits per heavy atom. The van der Waals surface area contributed by atoms with Crippen LogP contribution in [0.4, 0.5) is 0 Å². The zero-order chi connectivity index (χ0) is 8.53. The van der Waals surface area contributed by atoms with Crippen molar-refractivity contribution in [1.82, 2.24) is 4.90 Å². The van der Waals surface area contributed by atoms with E-state index in [4.69, 9.17) is 10.3 Å². The van der Waals surface area contributed by atoms with Crippen LogP contribution >= 0.6 is 0 Å². The summed E-state index contributed by atoms with van der Waals surface area (Å²) in [5.41, 5.74) is 6.57. The number of methoxy groups -OCH3 is 1. The zero-order valence-corrected chi connectivity index (χ0v) is 7.34. The second kappa shape index (κ2) is 7.63. The number of nitrogens with zero attached hydrogens (tertiary/aromatic N) is 2. The third kappa shape index (κ3) is 7.42. The van der Waals surface area contributed by atoms with Crippen molar-refractivity contribution in [1.29, 1.82) is 5.53 Å². The fourth-order valence-corrected chi connectivity index (χ4v) is 0.779. The van der Waals surface area contributed by atoms with Crippen LogP contribution in [0.2, 0.25) is 0 Å². The zero-order valence-electron chi connectivity index (χ0n) is 7.34. The van der Waals surface area contributed by atoms with Crippen molar-refractivity contribution in [3.8, 4) is 0 Å². The maximum absolute atomic E-state index is 6.57. The molecule has 0 saturated carbocycles. The Balaban J connectivity index is 3.08. The molecule has 0 amide bonds. The van der Waals surface area contributed by atoms with Gasteiger partial charge in [0.05, 0.1) is 13.2 Å².